The molecule has 0 saturated heterocycles. The number of aromatic nitrogens is 2. The number of thiocarbonyl (C=S) groups is 1. The Hall–Kier alpha value is -3.32. The van der Waals surface area contributed by atoms with Gasteiger partial charge in [-0.1, -0.05) is 18.2 Å². The van der Waals surface area contributed by atoms with Gasteiger partial charge in [0.2, 0.25) is 0 Å². The van der Waals surface area contributed by atoms with Crippen molar-refractivity contribution in [2.24, 2.45) is 0 Å². The summed E-state index contributed by atoms with van der Waals surface area (Å²) in [6, 6.07) is 18.2. The van der Waals surface area contributed by atoms with Gasteiger partial charge in [0.15, 0.2) is 5.11 Å². The summed E-state index contributed by atoms with van der Waals surface area (Å²) in [7, 11) is 0. The van der Waals surface area contributed by atoms with Gasteiger partial charge in [-0.05, 0) is 68.5 Å². The van der Waals surface area contributed by atoms with Crippen LogP contribution in [-0.2, 0) is 0 Å². The van der Waals surface area contributed by atoms with Crippen LogP contribution >= 0.6 is 12.2 Å². The minimum Gasteiger partial charge on any atom is -0.424 e. The molecule has 1 aromatic heterocycles. The fraction of sp³-hybridized carbons (Fsp3) is 0.100. The molecule has 1 heterocycles. The highest BCUT2D eigenvalue weighted by Gasteiger charge is 2.08. The highest BCUT2D eigenvalue weighted by Crippen LogP contribution is 2.20. The number of nitrogens with zero attached hydrogens (tertiary/aromatic N) is 2. The third-order valence-electron chi connectivity index (χ3n) is 3.55. The fourth-order valence-electron chi connectivity index (χ4n) is 2.38. The van der Waals surface area contributed by atoms with Crippen LogP contribution in [0.5, 0.6) is 11.8 Å². The lowest BCUT2D eigenvalue weighted by Crippen LogP contribution is -2.34. The molecule has 0 aliphatic rings. The number of anilines is 1. The number of aryl methyl sites for hydroxylation is 2. The number of rotatable bonds is 4. The second-order valence-corrected chi connectivity index (χ2v) is 6.24. The summed E-state index contributed by atoms with van der Waals surface area (Å²) in [5.41, 5.74) is 2.95. The molecule has 1 amide bonds. The zero-order chi connectivity index (χ0) is 19.2. The zero-order valence-corrected chi connectivity index (χ0v) is 15.7. The summed E-state index contributed by atoms with van der Waals surface area (Å²) < 4.78 is 5.67. The van der Waals surface area contributed by atoms with Gasteiger partial charge in [-0.15, -0.1) is 0 Å². The molecule has 0 fully saturated rings. The van der Waals surface area contributed by atoms with Gasteiger partial charge in [0, 0.05) is 22.6 Å². The Morgan fingerprint density at radius 3 is 2.22 bits per heavy atom. The van der Waals surface area contributed by atoms with Gasteiger partial charge in [0.25, 0.3) is 5.91 Å². The number of amides is 1. The Balaban J connectivity index is 1.58. The smallest absolute Gasteiger partial charge is 0.322 e. The van der Waals surface area contributed by atoms with E-state index in [4.69, 9.17) is 17.0 Å². The lowest BCUT2D eigenvalue weighted by Gasteiger charge is -2.10. The van der Waals surface area contributed by atoms with Crippen molar-refractivity contribution in [1.82, 2.24) is 15.3 Å². The molecule has 6 nitrogen and oxygen atoms in total. The van der Waals surface area contributed by atoms with E-state index in [1.807, 2.05) is 26.0 Å². The molecule has 0 bridgehead atoms. The van der Waals surface area contributed by atoms with Crippen LogP contribution in [0, 0.1) is 13.8 Å². The molecule has 27 heavy (non-hydrogen) atoms. The Morgan fingerprint density at radius 1 is 0.963 bits per heavy atom. The van der Waals surface area contributed by atoms with E-state index in [2.05, 4.69) is 20.6 Å². The number of hydrogen-bond acceptors (Lipinski definition) is 5. The van der Waals surface area contributed by atoms with Crippen LogP contribution in [0.4, 0.5) is 5.69 Å². The van der Waals surface area contributed by atoms with Crippen LogP contribution in [0.1, 0.15) is 21.7 Å². The third kappa shape index (κ3) is 5.32. The number of carbonyl (C=O) groups excluding carboxylic acids is 1. The van der Waals surface area contributed by atoms with Crippen LogP contribution in [-0.4, -0.2) is 21.0 Å². The van der Waals surface area contributed by atoms with E-state index < -0.39 is 0 Å². The van der Waals surface area contributed by atoms with Gasteiger partial charge in [-0.2, -0.15) is 0 Å². The summed E-state index contributed by atoms with van der Waals surface area (Å²) >= 11 is 5.18. The summed E-state index contributed by atoms with van der Waals surface area (Å²) in [6.07, 6.45) is 0. The highest BCUT2D eigenvalue weighted by atomic mass is 32.1. The highest BCUT2D eigenvalue weighted by molar-refractivity contribution is 7.80. The molecule has 0 radical (unpaired) electrons. The van der Waals surface area contributed by atoms with E-state index in [0.717, 1.165) is 17.1 Å². The van der Waals surface area contributed by atoms with Crippen LogP contribution in [0.25, 0.3) is 0 Å². The SMILES string of the molecule is Cc1cc(C)nc(Oc2ccc(NC(=S)NC(=O)c3ccccc3)cc2)n1. The first kappa shape index (κ1) is 18.5. The molecule has 0 aliphatic heterocycles. The molecular weight excluding hydrogens is 360 g/mol. The van der Waals surface area contributed by atoms with Crippen molar-refractivity contribution in [1.29, 1.82) is 0 Å². The molecule has 0 atom stereocenters. The third-order valence-corrected chi connectivity index (χ3v) is 3.75. The second-order valence-electron chi connectivity index (χ2n) is 5.83. The number of carbonyl (C=O) groups is 1. The summed E-state index contributed by atoms with van der Waals surface area (Å²) in [6.45, 7) is 3.78. The lowest BCUT2D eigenvalue weighted by atomic mass is 10.2. The Kier molecular flexibility index (Phi) is 5.73. The van der Waals surface area contributed by atoms with Gasteiger partial charge in [0.05, 0.1) is 0 Å². The summed E-state index contributed by atoms with van der Waals surface area (Å²) in [4.78, 5) is 20.6. The molecule has 2 N–H and O–H groups in total. The molecule has 136 valence electrons. The van der Waals surface area contributed by atoms with Gasteiger partial charge in [-0.3, -0.25) is 10.1 Å². The van der Waals surface area contributed by atoms with Crippen molar-refractivity contribution in [2.75, 3.05) is 5.32 Å². The average Bonchev–Trinajstić information content (AvgIpc) is 2.63. The topological polar surface area (TPSA) is 76.1 Å². The molecule has 2 aromatic carbocycles. The largest absolute Gasteiger partial charge is 0.424 e. The van der Waals surface area contributed by atoms with E-state index in [1.165, 1.54) is 0 Å². The molecule has 7 heteroatoms. The molecule has 3 aromatic rings. The number of hydrogen-bond donors (Lipinski definition) is 2. The van der Waals surface area contributed by atoms with Gasteiger partial charge < -0.3 is 10.1 Å². The molecule has 0 spiro atoms. The maximum absolute atomic E-state index is 12.1. The maximum Gasteiger partial charge on any atom is 0.322 e. The zero-order valence-electron chi connectivity index (χ0n) is 14.9. The Morgan fingerprint density at radius 2 is 1.59 bits per heavy atom. The van der Waals surface area contributed by atoms with Crippen molar-refractivity contribution < 1.29 is 9.53 Å². The van der Waals surface area contributed by atoms with Crippen molar-refractivity contribution in [3.8, 4) is 11.8 Å². The first-order chi connectivity index (χ1) is 13.0. The summed E-state index contributed by atoms with van der Waals surface area (Å²) in [5.74, 6) is 0.338. The molecule has 0 saturated carbocycles. The van der Waals surface area contributed by atoms with Crippen molar-refractivity contribution in [2.45, 2.75) is 13.8 Å². The predicted octanol–water partition coefficient (Wildman–Crippen LogP) is 4.01. The monoisotopic (exact) mass is 378 g/mol. The molecular formula is C20H18N4O2S. The maximum atomic E-state index is 12.1. The standard InChI is InChI=1S/C20H18N4O2S/c1-13-12-14(2)22-19(21-13)26-17-10-8-16(9-11-17)23-20(27)24-18(25)15-6-4-3-5-7-15/h3-12H,1-2H3,(H2,23,24,25,27). The molecule has 3 rings (SSSR count). The minimum atomic E-state index is -0.264. The summed E-state index contributed by atoms with van der Waals surface area (Å²) in [5, 5.41) is 5.82. The van der Waals surface area contributed by atoms with Gasteiger partial charge in [-0.25, -0.2) is 9.97 Å². The van der Waals surface area contributed by atoms with Crippen LogP contribution in [0.3, 0.4) is 0 Å². The van der Waals surface area contributed by atoms with E-state index in [9.17, 15) is 4.79 Å². The Labute approximate surface area is 162 Å². The van der Waals surface area contributed by atoms with Gasteiger partial charge >= 0.3 is 6.01 Å². The first-order valence-electron chi connectivity index (χ1n) is 8.27. The number of nitrogens with one attached hydrogen (secondary N) is 2. The molecule has 0 unspecified atom stereocenters. The van der Waals surface area contributed by atoms with E-state index in [0.29, 0.717) is 17.3 Å². The minimum absolute atomic E-state index is 0.218. The quantitative estimate of drug-likeness (QED) is 0.668. The van der Waals surface area contributed by atoms with Crippen molar-refractivity contribution in [3.63, 3.8) is 0 Å². The van der Waals surface area contributed by atoms with Gasteiger partial charge in [0.1, 0.15) is 5.75 Å². The lowest BCUT2D eigenvalue weighted by molar-refractivity contribution is 0.0977. The fourth-order valence-corrected chi connectivity index (χ4v) is 2.59. The van der Waals surface area contributed by atoms with E-state index in [1.54, 1.807) is 48.5 Å². The second kappa shape index (κ2) is 8.37. The normalized spacial score (nSPS) is 10.1. The average molecular weight is 378 g/mol. The first-order valence-corrected chi connectivity index (χ1v) is 8.68. The van der Waals surface area contributed by atoms with E-state index >= 15 is 0 Å². The number of ether oxygens (including phenoxy) is 1. The molecule has 0 aliphatic carbocycles. The van der Waals surface area contributed by atoms with Crippen LogP contribution in [0.2, 0.25) is 0 Å². The van der Waals surface area contributed by atoms with Crippen LogP contribution in [0.15, 0.2) is 60.7 Å². The predicted molar refractivity (Wildman–Crippen MR) is 108 cm³/mol. The van der Waals surface area contributed by atoms with E-state index in [-0.39, 0.29) is 11.0 Å². The van der Waals surface area contributed by atoms with Crippen molar-refractivity contribution in [3.05, 3.63) is 77.6 Å². The number of benzene rings is 2. The van der Waals surface area contributed by atoms with Crippen LogP contribution < -0.4 is 15.4 Å². The Bertz CT molecular complexity index is 939. The van der Waals surface area contributed by atoms with Crippen molar-refractivity contribution >= 4 is 28.9 Å².